The van der Waals surface area contributed by atoms with Crippen molar-refractivity contribution in [3.05, 3.63) is 48.0 Å². The van der Waals surface area contributed by atoms with Gasteiger partial charge in [-0.1, -0.05) is 31.0 Å². The van der Waals surface area contributed by atoms with Crippen LogP contribution in [0.4, 0.5) is 5.69 Å². The normalized spacial score (nSPS) is 28.6. The molecule has 1 aromatic heterocycles. The molecule has 1 amide bonds. The zero-order chi connectivity index (χ0) is 24.0. The molecule has 1 aliphatic carbocycles. The Morgan fingerprint density at radius 1 is 1.15 bits per heavy atom. The molecule has 5 rings (SSSR count). The maximum atomic E-state index is 13.7. The quantitative estimate of drug-likeness (QED) is 0.720. The van der Waals surface area contributed by atoms with E-state index >= 15 is 0 Å². The number of rotatable bonds is 3. The molecule has 3 heterocycles. The molecule has 0 bridgehead atoms. The number of para-hydroxylation sites is 1. The molecule has 1 saturated heterocycles. The minimum atomic E-state index is -0.633. The molecular weight excluding hydrogens is 430 g/mol. The SMILES string of the molecule is CC(C)(C)C(=O)On1ccnc1[C@H]1Nc2ccccc2[C@@H]2[C@H]1CCN2C(=O)[C@H]1CCCC[C@H]1N. The number of anilines is 1. The van der Waals surface area contributed by atoms with Gasteiger partial charge < -0.3 is 20.8 Å². The molecular formula is C26H35N5O3. The number of hydrogen-bond donors (Lipinski definition) is 2. The van der Waals surface area contributed by atoms with Crippen molar-refractivity contribution >= 4 is 17.6 Å². The Balaban J connectivity index is 1.48. The minimum Gasteiger partial charge on any atom is -0.374 e. The number of carbonyl (C=O) groups excluding carboxylic acids is 2. The predicted molar refractivity (Wildman–Crippen MR) is 129 cm³/mol. The fraction of sp³-hybridized carbons (Fsp3) is 0.577. The van der Waals surface area contributed by atoms with E-state index < -0.39 is 5.41 Å². The Morgan fingerprint density at radius 2 is 1.91 bits per heavy atom. The third kappa shape index (κ3) is 3.98. The van der Waals surface area contributed by atoms with Gasteiger partial charge in [-0.15, -0.1) is 0 Å². The highest BCUT2D eigenvalue weighted by molar-refractivity contribution is 5.81. The maximum Gasteiger partial charge on any atom is 0.338 e. The summed E-state index contributed by atoms with van der Waals surface area (Å²) in [7, 11) is 0. The molecule has 0 unspecified atom stereocenters. The van der Waals surface area contributed by atoms with Gasteiger partial charge in [-0.25, -0.2) is 9.78 Å². The molecule has 1 saturated carbocycles. The lowest BCUT2D eigenvalue weighted by molar-refractivity contribution is -0.153. The maximum absolute atomic E-state index is 13.7. The number of hydrogen-bond acceptors (Lipinski definition) is 6. The van der Waals surface area contributed by atoms with Gasteiger partial charge in [0.05, 0.1) is 29.6 Å². The van der Waals surface area contributed by atoms with Gasteiger partial charge in [0.2, 0.25) is 5.91 Å². The summed E-state index contributed by atoms with van der Waals surface area (Å²) < 4.78 is 1.48. The van der Waals surface area contributed by atoms with E-state index in [1.165, 1.54) is 4.73 Å². The smallest absolute Gasteiger partial charge is 0.338 e. The number of nitrogens with one attached hydrogen (secondary N) is 1. The molecule has 0 radical (unpaired) electrons. The monoisotopic (exact) mass is 465 g/mol. The molecule has 0 spiro atoms. The molecule has 182 valence electrons. The van der Waals surface area contributed by atoms with Crippen LogP contribution < -0.4 is 15.9 Å². The van der Waals surface area contributed by atoms with Crippen molar-refractivity contribution in [2.75, 3.05) is 11.9 Å². The Bertz CT molecular complexity index is 1070. The molecule has 3 aliphatic rings. The largest absolute Gasteiger partial charge is 0.374 e. The standard InChI is InChI=1S/C26H35N5O3/c1-26(2,3)25(33)34-31-15-13-28-23(31)21-18-12-14-30(24(32)16-8-4-6-10-19(16)27)22(18)17-9-5-7-11-20(17)29-21/h5,7,9,11,13,15-16,18-19,21-22,29H,4,6,8,10,12,14,27H2,1-3H3/t16-,18-,19+,21-,22+/m0/s1. The zero-order valence-electron chi connectivity index (χ0n) is 20.2. The van der Waals surface area contributed by atoms with Gasteiger partial charge in [-0.3, -0.25) is 4.79 Å². The Morgan fingerprint density at radius 3 is 2.68 bits per heavy atom. The van der Waals surface area contributed by atoms with Crippen molar-refractivity contribution in [1.82, 2.24) is 14.6 Å². The Kier molecular flexibility index (Phi) is 5.88. The van der Waals surface area contributed by atoms with Gasteiger partial charge in [0.15, 0.2) is 5.82 Å². The average Bonchev–Trinajstić information content (AvgIpc) is 3.45. The summed E-state index contributed by atoms with van der Waals surface area (Å²) in [6.45, 7) is 6.17. The molecule has 1 aromatic carbocycles. The van der Waals surface area contributed by atoms with E-state index in [0.29, 0.717) is 12.4 Å². The van der Waals surface area contributed by atoms with E-state index in [9.17, 15) is 9.59 Å². The van der Waals surface area contributed by atoms with Crippen molar-refractivity contribution in [3.63, 3.8) is 0 Å². The number of imidazole rings is 1. The Hall–Kier alpha value is -2.87. The first-order valence-corrected chi connectivity index (χ1v) is 12.4. The zero-order valence-corrected chi connectivity index (χ0v) is 20.2. The third-order valence-corrected chi connectivity index (χ3v) is 7.59. The van der Waals surface area contributed by atoms with E-state index in [1.807, 2.05) is 39.0 Å². The molecule has 34 heavy (non-hydrogen) atoms. The van der Waals surface area contributed by atoms with Crippen LogP contribution in [-0.2, 0) is 9.59 Å². The van der Waals surface area contributed by atoms with Crippen LogP contribution in [0.3, 0.4) is 0 Å². The lowest BCUT2D eigenvalue weighted by atomic mass is 9.81. The van der Waals surface area contributed by atoms with Crippen molar-refractivity contribution in [2.45, 2.75) is 71.0 Å². The van der Waals surface area contributed by atoms with E-state index in [1.54, 1.807) is 12.4 Å². The topological polar surface area (TPSA) is 102 Å². The summed E-state index contributed by atoms with van der Waals surface area (Å²) >= 11 is 0. The highest BCUT2D eigenvalue weighted by Gasteiger charge is 2.49. The first kappa shape index (κ1) is 22.9. The van der Waals surface area contributed by atoms with E-state index in [2.05, 4.69) is 21.3 Å². The highest BCUT2D eigenvalue weighted by Crippen LogP contribution is 2.51. The first-order chi connectivity index (χ1) is 16.3. The molecule has 2 aromatic rings. The summed E-state index contributed by atoms with van der Waals surface area (Å²) in [6, 6.07) is 7.84. The van der Waals surface area contributed by atoms with Crippen LogP contribution in [0, 0.1) is 17.3 Å². The number of amides is 1. The lowest BCUT2D eigenvalue weighted by Crippen LogP contribution is -2.47. The van der Waals surface area contributed by atoms with Gasteiger partial charge >= 0.3 is 5.97 Å². The fourth-order valence-corrected chi connectivity index (χ4v) is 5.73. The van der Waals surface area contributed by atoms with E-state index in [-0.39, 0.29) is 41.8 Å². The number of likely N-dealkylation sites (tertiary alicyclic amines) is 1. The van der Waals surface area contributed by atoms with Crippen LogP contribution in [-0.4, -0.2) is 39.1 Å². The summed E-state index contributed by atoms with van der Waals surface area (Å²) in [5, 5.41) is 3.63. The number of benzene rings is 1. The van der Waals surface area contributed by atoms with E-state index in [0.717, 1.165) is 43.4 Å². The van der Waals surface area contributed by atoms with Crippen LogP contribution in [0.15, 0.2) is 36.7 Å². The van der Waals surface area contributed by atoms with Crippen LogP contribution in [0.5, 0.6) is 0 Å². The van der Waals surface area contributed by atoms with Crippen LogP contribution in [0.2, 0.25) is 0 Å². The molecule has 8 heteroatoms. The fourth-order valence-electron chi connectivity index (χ4n) is 5.73. The van der Waals surface area contributed by atoms with Gasteiger partial charge in [0, 0.05) is 30.4 Å². The second-order valence-electron chi connectivity index (χ2n) is 10.9. The van der Waals surface area contributed by atoms with Crippen molar-refractivity contribution < 1.29 is 14.4 Å². The molecule has 5 atom stereocenters. The Labute approximate surface area is 200 Å². The van der Waals surface area contributed by atoms with Crippen LogP contribution in [0.25, 0.3) is 0 Å². The number of nitrogens with two attached hydrogens (primary N) is 1. The number of carbonyl (C=O) groups is 2. The van der Waals surface area contributed by atoms with Gasteiger partial charge in [0.25, 0.3) is 0 Å². The minimum absolute atomic E-state index is 0.0625. The first-order valence-electron chi connectivity index (χ1n) is 12.4. The second-order valence-corrected chi connectivity index (χ2v) is 10.9. The van der Waals surface area contributed by atoms with Crippen LogP contribution >= 0.6 is 0 Å². The second kappa shape index (κ2) is 8.73. The van der Waals surface area contributed by atoms with Gasteiger partial charge in [-0.05, 0) is 51.7 Å². The van der Waals surface area contributed by atoms with Crippen molar-refractivity contribution in [1.29, 1.82) is 0 Å². The summed E-state index contributed by atoms with van der Waals surface area (Å²) in [5.74, 6) is 0.494. The highest BCUT2D eigenvalue weighted by atomic mass is 16.7. The van der Waals surface area contributed by atoms with Crippen molar-refractivity contribution in [2.24, 2.45) is 23.0 Å². The number of aromatic nitrogens is 2. The number of nitrogens with zero attached hydrogens (tertiary/aromatic N) is 3. The molecule has 8 nitrogen and oxygen atoms in total. The van der Waals surface area contributed by atoms with Gasteiger partial charge in [-0.2, -0.15) is 4.73 Å². The molecule has 2 aliphatic heterocycles. The lowest BCUT2D eigenvalue weighted by Gasteiger charge is -2.41. The summed E-state index contributed by atoms with van der Waals surface area (Å²) in [6.07, 6.45) is 8.10. The van der Waals surface area contributed by atoms with Crippen LogP contribution in [0.1, 0.15) is 76.3 Å². The molecule has 3 N–H and O–H groups in total. The average molecular weight is 466 g/mol. The van der Waals surface area contributed by atoms with Gasteiger partial charge in [0.1, 0.15) is 0 Å². The summed E-state index contributed by atoms with van der Waals surface area (Å²) in [4.78, 5) is 38.6. The van der Waals surface area contributed by atoms with Crippen molar-refractivity contribution in [3.8, 4) is 0 Å². The van der Waals surface area contributed by atoms with E-state index in [4.69, 9.17) is 10.6 Å². The predicted octanol–water partition coefficient (Wildman–Crippen LogP) is 3.46. The molecule has 2 fully saturated rings. The summed E-state index contributed by atoms with van der Waals surface area (Å²) in [5.41, 5.74) is 7.87. The number of fused-ring (bicyclic) bond motifs is 3. The third-order valence-electron chi connectivity index (χ3n) is 7.59.